The van der Waals surface area contributed by atoms with E-state index in [-0.39, 0.29) is 5.78 Å². The topological polar surface area (TPSA) is 34.4 Å². The van der Waals surface area contributed by atoms with Gasteiger partial charge in [0.2, 0.25) is 0 Å². The number of aromatic nitrogens is 1. The molecule has 1 aromatic carbocycles. The number of rotatable bonds is 3. The van der Waals surface area contributed by atoms with Crippen molar-refractivity contribution in [1.29, 1.82) is 0 Å². The van der Waals surface area contributed by atoms with Gasteiger partial charge in [0.1, 0.15) is 0 Å². The Morgan fingerprint density at radius 3 is 3.10 bits per heavy atom. The largest absolute Gasteiger partial charge is 0.341 e. The van der Waals surface area contributed by atoms with E-state index in [0.717, 1.165) is 28.6 Å². The summed E-state index contributed by atoms with van der Waals surface area (Å²) >= 11 is 6.10. The molecule has 106 valence electrons. The molecule has 4 heteroatoms. The maximum Gasteiger partial charge on any atom is 0.161 e. The predicted molar refractivity (Wildman–Crippen MR) is 87.3 cm³/mol. The molecule has 0 N–H and O–H groups in total. The minimum absolute atomic E-state index is 0.0566. The first-order chi connectivity index (χ1) is 10.1. The lowest BCUT2D eigenvalue weighted by Crippen LogP contribution is -1.98. The summed E-state index contributed by atoms with van der Waals surface area (Å²) < 4.78 is 2.03. The summed E-state index contributed by atoms with van der Waals surface area (Å²) in [6.07, 6.45) is 10.6. The summed E-state index contributed by atoms with van der Waals surface area (Å²) in [6.45, 7) is 2.21. The quantitative estimate of drug-likeness (QED) is 0.773. The summed E-state index contributed by atoms with van der Waals surface area (Å²) in [4.78, 5) is 16.2. The lowest BCUT2D eigenvalue weighted by atomic mass is 10.1. The zero-order valence-corrected chi connectivity index (χ0v) is 12.5. The molecule has 1 aromatic heterocycles. The zero-order valence-electron chi connectivity index (χ0n) is 11.7. The maximum absolute atomic E-state index is 11.8. The van der Waals surface area contributed by atoms with E-state index in [1.165, 1.54) is 0 Å². The molecule has 0 saturated heterocycles. The van der Waals surface area contributed by atoms with Crippen LogP contribution in [0.5, 0.6) is 0 Å². The molecule has 0 spiro atoms. The Morgan fingerprint density at radius 2 is 2.29 bits per heavy atom. The Bertz CT molecular complexity index is 796. The third-order valence-electron chi connectivity index (χ3n) is 3.51. The molecule has 1 aliphatic rings. The summed E-state index contributed by atoms with van der Waals surface area (Å²) in [6, 6.07) is 5.60. The number of halogens is 1. The van der Waals surface area contributed by atoms with Crippen LogP contribution in [-0.4, -0.2) is 16.6 Å². The molecule has 3 rings (SSSR count). The average Bonchev–Trinajstić information content (AvgIpc) is 2.63. The van der Waals surface area contributed by atoms with Crippen molar-refractivity contribution in [2.45, 2.75) is 19.9 Å². The predicted octanol–water partition coefficient (Wildman–Crippen LogP) is 4.41. The normalized spacial score (nSPS) is 14.3. The van der Waals surface area contributed by atoms with Crippen LogP contribution in [0, 0.1) is 0 Å². The van der Waals surface area contributed by atoms with Gasteiger partial charge in [-0.2, -0.15) is 0 Å². The number of carbonyl (C=O) groups is 1. The van der Waals surface area contributed by atoms with Crippen LogP contribution in [0.2, 0.25) is 5.02 Å². The van der Waals surface area contributed by atoms with E-state index in [1.807, 2.05) is 35.0 Å². The van der Waals surface area contributed by atoms with Gasteiger partial charge in [-0.05, 0) is 31.6 Å². The highest BCUT2D eigenvalue weighted by atomic mass is 35.5. The number of ketones is 1. The molecular weight excluding hydrogens is 284 g/mol. The van der Waals surface area contributed by atoms with Crippen molar-refractivity contribution in [3.8, 4) is 0 Å². The van der Waals surface area contributed by atoms with Crippen LogP contribution in [-0.2, 0) is 6.54 Å². The van der Waals surface area contributed by atoms with Gasteiger partial charge in [0.15, 0.2) is 5.78 Å². The Hall–Kier alpha value is -2.13. The average molecular weight is 299 g/mol. The molecule has 0 fully saturated rings. The van der Waals surface area contributed by atoms with Crippen molar-refractivity contribution < 1.29 is 4.79 Å². The maximum atomic E-state index is 11.8. The molecule has 2 aromatic rings. The summed E-state index contributed by atoms with van der Waals surface area (Å²) in [5, 5.41) is 1.60. The van der Waals surface area contributed by atoms with Crippen LogP contribution in [0.4, 0.5) is 0 Å². The number of aliphatic imine (C=N–C) groups is 1. The summed E-state index contributed by atoms with van der Waals surface area (Å²) in [5.74, 6) is 0.0566. The molecule has 0 bridgehead atoms. The Morgan fingerprint density at radius 1 is 1.43 bits per heavy atom. The second kappa shape index (κ2) is 5.70. The molecule has 0 unspecified atom stereocenters. The SMILES string of the molecule is CC(=O)c1cn(CC2=CCC=CC=N2)c2cc(Cl)ccc12. The van der Waals surface area contributed by atoms with Crippen molar-refractivity contribution in [3.05, 3.63) is 58.9 Å². The van der Waals surface area contributed by atoms with Gasteiger partial charge in [-0.3, -0.25) is 9.79 Å². The van der Waals surface area contributed by atoms with E-state index in [2.05, 4.69) is 17.1 Å². The lowest BCUT2D eigenvalue weighted by molar-refractivity contribution is 0.101. The van der Waals surface area contributed by atoms with Crippen LogP contribution in [0.25, 0.3) is 10.9 Å². The fourth-order valence-corrected chi connectivity index (χ4v) is 2.66. The van der Waals surface area contributed by atoms with Crippen molar-refractivity contribution in [3.63, 3.8) is 0 Å². The molecule has 2 heterocycles. The van der Waals surface area contributed by atoms with Gasteiger partial charge in [0.25, 0.3) is 0 Å². The molecule has 21 heavy (non-hydrogen) atoms. The Kier molecular flexibility index (Phi) is 3.76. The van der Waals surface area contributed by atoms with E-state index in [0.29, 0.717) is 11.6 Å². The van der Waals surface area contributed by atoms with E-state index in [9.17, 15) is 4.79 Å². The van der Waals surface area contributed by atoms with Crippen molar-refractivity contribution >= 4 is 34.5 Å². The second-order valence-corrected chi connectivity index (χ2v) is 5.46. The van der Waals surface area contributed by atoms with Crippen molar-refractivity contribution in [2.24, 2.45) is 4.99 Å². The second-order valence-electron chi connectivity index (χ2n) is 5.03. The summed E-state index contributed by atoms with van der Waals surface area (Å²) in [5.41, 5.74) is 2.66. The fraction of sp³-hybridized carbons (Fsp3) is 0.176. The highest BCUT2D eigenvalue weighted by molar-refractivity contribution is 6.31. The number of hydrogen-bond acceptors (Lipinski definition) is 2. The van der Waals surface area contributed by atoms with Gasteiger partial charge >= 0.3 is 0 Å². The van der Waals surface area contributed by atoms with Gasteiger partial charge in [-0.25, -0.2) is 0 Å². The highest BCUT2D eigenvalue weighted by Gasteiger charge is 2.13. The van der Waals surface area contributed by atoms with E-state index < -0.39 is 0 Å². The molecule has 0 aliphatic carbocycles. The Labute approximate surface area is 128 Å². The van der Waals surface area contributed by atoms with E-state index >= 15 is 0 Å². The van der Waals surface area contributed by atoms with Gasteiger partial charge in [-0.1, -0.05) is 29.8 Å². The molecule has 0 amide bonds. The summed E-state index contributed by atoms with van der Waals surface area (Å²) in [7, 11) is 0. The standard InChI is InChI=1S/C17H15ClN2O/c1-12(21)16-11-20(10-14-5-3-2-4-8-19-14)17-9-13(18)6-7-15(16)17/h2,4-9,11H,3,10H2,1H3. The number of allylic oxidation sites excluding steroid dienone is 4. The lowest BCUT2D eigenvalue weighted by Gasteiger charge is -2.05. The highest BCUT2D eigenvalue weighted by Crippen LogP contribution is 2.26. The smallest absolute Gasteiger partial charge is 0.161 e. The molecule has 3 nitrogen and oxygen atoms in total. The number of fused-ring (bicyclic) bond motifs is 1. The Balaban J connectivity index is 2.07. The fourth-order valence-electron chi connectivity index (χ4n) is 2.49. The van der Waals surface area contributed by atoms with Gasteiger partial charge in [0.05, 0.1) is 17.8 Å². The van der Waals surface area contributed by atoms with Crippen LogP contribution in [0.1, 0.15) is 23.7 Å². The number of hydrogen-bond donors (Lipinski definition) is 0. The third kappa shape index (κ3) is 2.83. The minimum Gasteiger partial charge on any atom is -0.341 e. The molecule has 0 atom stereocenters. The number of carbonyl (C=O) groups excluding carboxylic acids is 1. The first-order valence-corrected chi connectivity index (χ1v) is 7.20. The van der Waals surface area contributed by atoms with Crippen molar-refractivity contribution in [1.82, 2.24) is 4.57 Å². The van der Waals surface area contributed by atoms with Crippen molar-refractivity contribution in [2.75, 3.05) is 0 Å². The van der Waals surface area contributed by atoms with E-state index in [1.54, 1.807) is 13.1 Å². The third-order valence-corrected chi connectivity index (χ3v) is 3.74. The molecule has 0 radical (unpaired) electrons. The minimum atomic E-state index is 0.0566. The van der Waals surface area contributed by atoms with E-state index in [4.69, 9.17) is 11.6 Å². The molecule has 0 saturated carbocycles. The van der Waals surface area contributed by atoms with Crippen LogP contribution < -0.4 is 0 Å². The number of nitrogens with zero attached hydrogens (tertiary/aromatic N) is 2. The van der Waals surface area contributed by atoms with Gasteiger partial charge < -0.3 is 4.57 Å². The molecule has 1 aliphatic heterocycles. The monoisotopic (exact) mass is 298 g/mol. The van der Waals surface area contributed by atoms with Crippen LogP contribution in [0.3, 0.4) is 0 Å². The van der Waals surface area contributed by atoms with Crippen LogP contribution >= 0.6 is 11.6 Å². The number of benzene rings is 1. The first-order valence-electron chi connectivity index (χ1n) is 6.83. The molecular formula is C17H15ClN2O. The number of Topliss-reactive ketones (excluding diaryl/α,β-unsaturated/α-hetero) is 1. The zero-order chi connectivity index (χ0) is 14.8. The van der Waals surface area contributed by atoms with Gasteiger partial charge in [0, 0.05) is 28.4 Å². The van der Waals surface area contributed by atoms with Gasteiger partial charge in [-0.15, -0.1) is 0 Å². The van der Waals surface area contributed by atoms with Crippen LogP contribution in [0.15, 0.2) is 53.3 Å². The first kappa shape index (κ1) is 13.8.